The van der Waals surface area contributed by atoms with E-state index in [2.05, 4.69) is 9.82 Å². The van der Waals surface area contributed by atoms with E-state index in [4.69, 9.17) is 5.73 Å². The number of rotatable bonds is 4. The smallest absolute Gasteiger partial charge is 0.279 e. The van der Waals surface area contributed by atoms with Crippen LogP contribution in [0.3, 0.4) is 0 Å². The van der Waals surface area contributed by atoms with E-state index >= 15 is 0 Å². The highest BCUT2D eigenvalue weighted by Gasteiger charge is 2.29. The second-order valence-electron chi connectivity index (χ2n) is 4.96. The van der Waals surface area contributed by atoms with E-state index in [1.54, 1.807) is 13.2 Å². The molecule has 3 N–H and O–H groups in total. The van der Waals surface area contributed by atoms with Crippen molar-refractivity contribution in [2.45, 2.75) is 38.8 Å². The Hall–Kier alpha value is -1.12. The van der Waals surface area contributed by atoms with Gasteiger partial charge in [-0.3, -0.25) is 4.68 Å². The molecule has 2 rings (SSSR count). The van der Waals surface area contributed by atoms with Gasteiger partial charge in [0.15, 0.2) is 0 Å². The van der Waals surface area contributed by atoms with Crippen LogP contribution < -0.4 is 10.5 Å². The van der Waals surface area contributed by atoms with Crippen molar-refractivity contribution in [2.24, 2.45) is 7.05 Å². The van der Waals surface area contributed by atoms with Gasteiger partial charge in [-0.05, 0) is 19.8 Å². The number of piperidine rings is 1. The number of hydrogen-bond donors (Lipinski definition) is 2. The molecule has 1 aliphatic heterocycles. The van der Waals surface area contributed by atoms with Crippen molar-refractivity contribution in [3.05, 3.63) is 11.8 Å². The zero-order valence-electron chi connectivity index (χ0n) is 11.3. The second kappa shape index (κ2) is 5.48. The molecule has 1 unspecified atom stereocenters. The van der Waals surface area contributed by atoms with Crippen molar-refractivity contribution in [3.63, 3.8) is 0 Å². The third-order valence-corrected chi connectivity index (χ3v) is 5.23. The molecular formula is C11H21N5O2S. The molecule has 8 heteroatoms. The Bertz CT molecular complexity index is 539. The van der Waals surface area contributed by atoms with Gasteiger partial charge in [0, 0.05) is 31.7 Å². The van der Waals surface area contributed by atoms with Crippen LogP contribution in [0.25, 0.3) is 0 Å². The summed E-state index contributed by atoms with van der Waals surface area (Å²) in [6.07, 6.45) is 4.50. The summed E-state index contributed by atoms with van der Waals surface area (Å²) in [4.78, 5) is 0. The van der Waals surface area contributed by atoms with Crippen LogP contribution in [0, 0.1) is 0 Å². The molecule has 1 atom stereocenters. The molecule has 108 valence electrons. The third-order valence-electron chi connectivity index (χ3n) is 3.56. The van der Waals surface area contributed by atoms with Crippen LogP contribution in [-0.4, -0.2) is 35.1 Å². The molecule has 0 amide bonds. The van der Waals surface area contributed by atoms with Crippen molar-refractivity contribution < 1.29 is 8.42 Å². The quantitative estimate of drug-likeness (QED) is 0.828. The summed E-state index contributed by atoms with van der Waals surface area (Å²) in [7, 11) is -1.73. The van der Waals surface area contributed by atoms with Gasteiger partial charge in [0.1, 0.15) is 5.82 Å². The molecule has 1 fully saturated rings. The highest BCUT2D eigenvalue weighted by atomic mass is 32.2. The lowest BCUT2D eigenvalue weighted by molar-refractivity contribution is 0.265. The average molecular weight is 287 g/mol. The standard InChI is InChI=1S/C11H21N5O2S/c1-9-5-3-4-6-16(9)19(17,18)14-8-10-7-13-15(2)11(10)12/h7,9,14H,3-6,8,12H2,1-2H3. The Morgan fingerprint density at radius 3 is 2.84 bits per heavy atom. The van der Waals surface area contributed by atoms with Gasteiger partial charge in [0.25, 0.3) is 10.2 Å². The van der Waals surface area contributed by atoms with Gasteiger partial charge in [-0.15, -0.1) is 0 Å². The molecule has 0 aromatic carbocycles. The number of hydrogen-bond acceptors (Lipinski definition) is 4. The monoisotopic (exact) mass is 287 g/mol. The minimum atomic E-state index is -3.45. The predicted molar refractivity (Wildman–Crippen MR) is 73.4 cm³/mol. The van der Waals surface area contributed by atoms with E-state index in [9.17, 15) is 8.42 Å². The first-order valence-electron chi connectivity index (χ1n) is 6.44. The summed E-state index contributed by atoms with van der Waals surface area (Å²) in [5.41, 5.74) is 6.48. The summed E-state index contributed by atoms with van der Waals surface area (Å²) in [5.74, 6) is 0.481. The van der Waals surface area contributed by atoms with Crippen molar-refractivity contribution >= 4 is 16.0 Å². The Morgan fingerprint density at radius 1 is 1.53 bits per heavy atom. The number of anilines is 1. The van der Waals surface area contributed by atoms with Crippen LogP contribution in [0.1, 0.15) is 31.7 Å². The Labute approximate surface area is 113 Å². The van der Waals surface area contributed by atoms with Crippen molar-refractivity contribution in [1.82, 2.24) is 18.8 Å². The average Bonchev–Trinajstić information content (AvgIpc) is 2.68. The highest BCUT2D eigenvalue weighted by molar-refractivity contribution is 7.87. The number of aromatic nitrogens is 2. The van der Waals surface area contributed by atoms with Crippen LogP contribution in [0.2, 0.25) is 0 Å². The van der Waals surface area contributed by atoms with Crippen LogP contribution in [0.5, 0.6) is 0 Å². The van der Waals surface area contributed by atoms with Crippen LogP contribution in [-0.2, 0) is 23.8 Å². The fraction of sp³-hybridized carbons (Fsp3) is 0.727. The molecule has 19 heavy (non-hydrogen) atoms. The van der Waals surface area contributed by atoms with E-state index in [-0.39, 0.29) is 12.6 Å². The zero-order chi connectivity index (χ0) is 14.0. The molecular weight excluding hydrogens is 266 g/mol. The molecule has 0 spiro atoms. The first-order chi connectivity index (χ1) is 8.92. The largest absolute Gasteiger partial charge is 0.384 e. The fourth-order valence-corrected chi connectivity index (χ4v) is 3.76. The minimum Gasteiger partial charge on any atom is -0.384 e. The van der Waals surface area contributed by atoms with Gasteiger partial charge in [0.05, 0.1) is 6.20 Å². The molecule has 1 aromatic heterocycles. The second-order valence-corrected chi connectivity index (χ2v) is 6.67. The molecule has 7 nitrogen and oxygen atoms in total. The summed E-state index contributed by atoms with van der Waals surface area (Å²) in [6, 6.07) is 0.0532. The van der Waals surface area contributed by atoms with E-state index in [1.165, 1.54) is 8.99 Å². The van der Waals surface area contributed by atoms with Gasteiger partial charge < -0.3 is 5.73 Å². The number of nitrogens with two attached hydrogens (primary N) is 1. The van der Waals surface area contributed by atoms with Gasteiger partial charge in [-0.1, -0.05) is 6.42 Å². The lowest BCUT2D eigenvalue weighted by Gasteiger charge is -2.32. The number of aryl methyl sites for hydroxylation is 1. The first-order valence-corrected chi connectivity index (χ1v) is 7.88. The molecule has 1 saturated heterocycles. The number of nitrogen functional groups attached to an aromatic ring is 1. The van der Waals surface area contributed by atoms with E-state index in [1.807, 2.05) is 6.92 Å². The van der Waals surface area contributed by atoms with Gasteiger partial charge >= 0.3 is 0 Å². The maximum Gasteiger partial charge on any atom is 0.279 e. The van der Waals surface area contributed by atoms with Crippen molar-refractivity contribution in [1.29, 1.82) is 0 Å². The van der Waals surface area contributed by atoms with Crippen LogP contribution in [0.15, 0.2) is 6.20 Å². The third kappa shape index (κ3) is 3.07. The topological polar surface area (TPSA) is 93.2 Å². The Kier molecular flexibility index (Phi) is 4.12. The predicted octanol–water partition coefficient (Wildman–Crippen LogP) is 0.211. The summed E-state index contributed by atoms with van der Waals surface area (Å²) >= 11 is 0. The number of nitrogens with one attached hydrogen (secondary N) is 1. The first kappa shape index (κ1) is 14.3. The fourth-order valence-electron chi connectivity index (χ4n) is 2.31. The molecule has 0 aliphatic carbocycles. The Morgan fingerprint density at radius 2 is 2.26 bits per heavy atom. The van der Waals surface area contributed by atoms with Crippen molar-refractivity contribution in [2.75, 3.05) is 12.3 Å². The minimum absolute atomic E-state index is 0.0532. The molecule has 0 radical (unpaired) electrons. The molecule has 0 saturated carbocycles. The normalized spacial score (nSPS) is 21.7. The lowest BCUT2D eigenvalue weighted by Crippen LogP contribution is -2.47. The molecule has 2 heterocycles. The molecule has 1 aliphatic rings. The van der Waals surface area contributed by atoms with E-state index < -0.39 is 10.2 Å². The van der Waals surface area contributed by atoms with Gasteiger partial charge in [0.2, 0.25) is 0 Å². The van der Waals surface area contributed by atoms with Crippen molar-refractivity contribution in [3.8, 4) is 0 Å². The molecule has 0 bridgehead atoms. The zero-order valence-corrected chi connectivity index (χ0v) is 12.2. The van der Waals surface area contributed by atoms with Gasteiger partial charge in [-0.2, -0.15) is 22.5 Å². The lowest BCUT2D eigenvalue weighted by atomic mass is 10.1. The molecule has 1 aromatic rings. The summed E-state index contributed by atoms with van der Waals surface area (Å²) in [6.45, 7) is 2.70. The van der Waals surface area contributed by atoms with Crippen LogP contribution >= 0.6 is 0 Å². The summed E-state index contributed by atoms with van der Waals surface area (Å²) in [5, 5.41) is 3.99. The Balaban J connectivity index is 2.03. The SMILES string of the molecule is CC1CCCCN1S(=O)(=O)NCc1cnn(C)c1N. The highest BCUT2D eigenvalue weighted by Crippen LogP contribution is 2.19. The maximum absolute atomic E-state index is 12.2. The number of nitrogens with zero attached hydrogens (tertiary/aromatic N) is 3. The van der Waals surface area contributed by atoms with Crippen LogP contribution in [0.4, 0.5) is 5.82 Å². The van der Waals surface area contributed by atoms with Gasteiger partial charge in [-0.25, -0.2) is 0 Å². The summed E-state index contributed by atoms with van der Waals surface area (Å²) < 4.78 is 30.1. The van der Waals surface area contributed by atoms with E-state index in [0.717, 1.165) is 19.3 Å². The van der Waals surface area contributed by atoms with E-state index in [0.29, 0.717) is 17.9 Å². The maximum atomic E-state index is 12.2.